The Morgan fingerprint density at radius 1 is 0.571 bits per heavy atom. The first kappa shape index (κ1) is 17.9. The topological polar surface area (TPSA) is 20.2 Å². The summed E-state index contributed by atoms with van der Waals surface area (Å²) in [6.45, 7) is 0. The number of phenols is 1. The Balaban J connectivity index is 2.93. The summed E-state index contributed by atoms with van der Waals surface area (Å²) in [7, 11) is 0. The number of aromatic hydroxyl groups is 1. The Labute approximate surface area is 160 Å². The van der Waals surface area contributed by atoms with E-state index >= 15 is 0 Å². The Morgan fingerprint density at radius 3 is 1.52 bits per heavy atom. The van der Waals surface area contributed by atoms with Crippen molar-refractivity contribution >= 4 is 92.8 Å². The van der Waals surface area contributed by atoms with Gasteiger partial charge in [0.25, 0.3) is 0 Å². The maximum absolute atomic E-state index is 9.72. The van der Waals surface area contributed by atoms with Crippen molar-refractivity contribution in [2.75, 3.05) is 0 Å². The van der Waals surface area contributed by atoms with Crippen molar-refractivity contribution in [1.82, 2.24) is 0 Å². The zero-order chi connectivity index (χ0) is 16.1. The summed E-state index contributed by atoms with van der Waals surface area (Å²) in [4.78, 5) is 0. The number of phenolic OH excluding ortho intramolecular Hbond substituents is 1. The fourth-order valence-electron chi connectivity index (χ4n) is 1.61. The molecule has 0 atom stereocenters. The summed E-state index contributed by atoms with van der Waals surface area (Å²) < 4.78 is 0. The first-order chi connectivity index (χ1) is 9.68. The largest absolute Gasteiger partial charge is 0.505 e. The molecule has 0 amide bonds. The molecule has 2 aromatic carbocycles. The minimum atomic E-state index is -0.431. The molecule has 0 fully saturated rings. The lowest BCUT2D eigenvalue weighted by Crippen LogP contribution is -1.89. The molecule has 2 aromatic rings. The molecule has 0 spiro atoms. The van der Waals surface area contributed by atoms with Crippen molar-refractivity contribution in [3.63, 3.8) is 0 Å². The zero-order valence-corrected chi connectivity index (χ0v) is 15.6. The van der Waals surface area contributed by atoms with E-state index in [9.17, 15) is 5.11 Å². The van der Waals surface area contributed by atoms with Crippen molar-refractivity contribution in [1.29, 1.82) is 0 Å². The van der Waals surface area contributed by atoms with Gasteiger partial charge in [0.2, 0.25) is 0 Å². The Hall–Kier alpha value is 0.560. The number of halogens is 8. The van der Waals surface area contributed by atoms with Gasteiger partial charge < -0.3 is 5.11 Å². The first-order valence-electron chi connectivity index (χ1n) is 5.06. The zero-order valence-electron chi connectivity index (χ0n) is 9.55. The van der Waals surface area contributed by atoms with Gasteiger partial charge in [-0.15, -0.1) is 0 Å². The smallest absolute Gasteiger partial charge is 0.155 e. The van der Waals surface area contributed by atoms with Crippen LogP contribution >= 0.6 is 92.8 Å². The van der Waals surface area contributed by atoms with Crippen molar-refractivity contribution in [2.24, 2.45) is 0 Å². The van der Waals surface area contributed by atoms with Crippen molar-refractivity contribution in [3.8, 4) is 16.9 Å². The summed E-state index contributed by atoms with van der Waals surface area (Å²) in [5, 5.41) is 9.66. The number of benzene rings is 2. The average Bonchev–Trinajstić information content (AvgIpc) is 2.46. The van der Waals surface area contributed by atoms with Crippen LogP contribution in [0.25, 0.3) is 11.1 Å². The molecule has 1 N–H and O–H groups in total. The fraction of sp³-hybridized carbons (Fsp3) is 0. The molecule has 21 heavy (non-hydrogen) atoms. The van der Waals surface area contributed by atoms with Crippen molar-refractivity contribution in [3.05, 3.63) is 46.2 Å². The molecule has 0 saturated heterocycles. The van der Waals surface area contributed by atoms with Crippen LogP contribution in [0, 0.1) is 0 Å². The van der Waals surface area contributed by atoms with E-state index in [1.807, 2.05) is 0 Å². The molecule has 0 aliphatic heterocycles. The van der Waals surface area contributed by atoms with Crippen LogP contribution in [0.4, 0.5) is 0 Å². The monoisotopic (exact) mass is 442 g/mol. The molecule has 0 bridgehead atoms. The predicted octanol–water partition coefficient (Wildman–Crippen LogP) is 8.29. The van der Waals surface area contributed by atoms with Crippen molar-refractivity contribution < 1.29 is 5.11 Å². The van der Waals surface area contributed by atoms with Gasteiger partial charge in [-0.2, -0.15) is 0 Å². The lowest BCUT2D eigenvalue weighted by atomic mass is 10.0. The van der Waals surface area contributed by atoms with E-state index in [2.05, 4.69) is 0 Å². The van der Waals surface area contributed by atoms with Gasteiger partial charge in [-0.05, 0) is 6.07 Å². The van der Waals surface area contributed by atoms with E-state index in [0.717, 1.165) is 0 Å². The molecule has 0 aliphatic carbocycles. The minimum Gasteiger partial charge on any atom is -0.505 e. The highest BCUT2D eigenvalue weighted by Gasteiger charge is 2.24. The minimum absolute atomic E-state index is 0.0355. The maximum atomic E-state index is 9.72. The van der Waals surface area contributed by atoms with Gasteiger partial charge in [-0.1, -0.05) is 92.8 Å². The standard InChI is InChI=1S/C12H2Cl8O/c13-3-1-2(5(14)9(18)6(3)15)4-7(16)10(19)12(21)11(20)8(4)17/h1,21H. The molecule has 0 unspecified atom stereocenters. The molecule has 2 rings (SSSR count). The Morgan fingerprint density at radius 2 is 1.05 bits per heavy atom. The Bertz CT molecular complexity index is 727. The highest BCUT2D eigenvalue weighted by molar-refractivity contribution is 6.55. The lowest BCUT2D eigenvalue weighted by molar-refractivity contribution is 0.476. The molecule has 0 radical (unpaired) electrons. The molecule has 112 valence electrons. The summed E-state index contributed by atoms with van der Waals surface area (Å²) in [6.07, 6.45) is 0. The van der Waals surface area contributed by atoms with Gasteiger partial charge in [0.05, 0.1) is 30.1 Å². The second-order valence-electron chi connectivity index (χ2n) is 3.83. The molecule has 0 aromatic heterocycles. The van der Waals surface area contributed by atoms with Gasteiger partial charge in [0.1, 0.15) is 10.0 Å². The van der Waals surface area contributed by atoms with E-state index in [0.29, 0.717) is 0 Å². The molecule has 9 heteroatoms. The lowest BCUT2D eigenvalue weighted by Gasteiger charge is -2.15. The van der Waals surface area contributed by atoms with Crippen LogP contribution in [0.15, 0.2) is 6.07 Å². The number of hydrogen-bond donors (Lipinski definition) is 1. The predicted molar refractivity (Wildman–Crippen MR) is 93.6 cm³/mol. The summed E-state index contributed by atoms with van der Waals surface area (Å²) in [5.74, 6) is -0.431. The third-order valence-electron chi connectivity index (χ3n) is 2.61. The molecule has 1 nitrogen and oxygen atoms in total. The van der Waals surface area contributed by atoms with E-state index in [-0.39, 0.29) is 51.3 Å². The van der Waals surface area contributed by atoms with Crippen LogP contribution in [0.3, 0.4) is 0 Å². The SMILES string of the molecule is Oc1c(Cl)c(Cl)c(-c2cc(Cl)c(Cl)c(Cl)c2Cl)c(Cl)c1Cl. The summed E-state index contributed by atoms with van der Waals surface area (Å²) >= 11 is 48.1. The van der Waals surface area contributed by atoms with E-state index in [1.54, 1.807) is 0 Å². The van der Waals surface area contributed by atoms with Gasteiger partial charge in [-0.25, -0.2) is 0 Å². The van der Waals surface area contributed by atoms with Gasteiger partial charge in [0.15, 0.2) is 5.75 Å². The fourth-order valence-corrected chi connectivity index (χ4v) is 3.55. The molecule has 0 heterocycles. The highest BCUT2D eigenvalue weighted by atomic mass is 35.5. The highest BCUT2D eigenvalue weighted by Crippen LogP contribution is 2.52. The third-order valence-corrected chi connectivity index (χ3v) is 6.05. The first-order valence-corrected chi connectivity index (χ1v) is 8.09. The third kappa shape index (κ3) is 3.00. The van der Waals surface area contributed by atoms with Crippen molar-refractivity contribution in [2.45, 2.75) is 0 Å². The summed E-state index contributed by atoms with van der Waals surface area (Å²) in [6, 6.07) is 1.43. The van der Waals surface area contributed by atoms with Gasteiger partial charge in [0, 0.05) is 11.1 Å². The van der Waals surface area contributed by atoms with E-state index < -0.39 is 5.75 Å². The second-order valence-corrected chi connectivity index (χ2v) is 6.88. The van der Waals surface area contributed by atoms with Crippen LogP contribution in [-0.2, 0) is 0 Å². The maximum Gasteiger partial charge on any atom is 0.155 e. The van der Waals surface area contributed by atoms with Gasteiger partial charge >= 0.3 is 0 Å². The molecular weight excluding hydrogens is 444 g/mol. The molecular formula is C12H2Cl8O. The van der Waals surface area contributed by atoms with Crippen LogP contribution in [0.1, 0.15) is 0 Å². The Kier molecular flexibility index (Phi) is 5.62. The van der Waals surface area contributed by atoms with Crippen LogP contribution in [-0.4, -0.2) is 5.11 Å². The molecule has 0 aliphatic rings. The quantitative estimate of drug-likeness (QED) is 0.346. The van der Waals surface area contributed by atoms with E-state index in [1.165, 1.54) is 6.07 Å². The van der Waals surface area contributed by atoms with Crippen LogP contribution in [0.5, 0.6) is 5.75 Å². The van der Waals surface area contributed by atoms with E-state index in [4.69, 9.17) is 92.8 Å². The van der Waals surface area contributed by atoms with Crippen LogP contribution in [0.2, 0.25) is 40.2 Å². The number of hydrogen-bond acceptors (Lipinski definition) is 1. The normalized spacial score (nSPS) is 11.0. The number of rotatable bonds is 1. The average molecular weight is 446 g/mol. The second kappa shape index (κ2) is 6.59. The molecule has 0 saturated carbocycles. The van der Waals surface area contributed by atoms with Crippen LogP contribution < -0.4 is 0 Å². The van der Waals surface area contributed by atoms with Gasteiger partial charge in [-0.3, -0.25) is 0 Å². The summed E-state index contributed by atoms with van der Waals surface area (Å²) in [5.41, 5.74) is 0.478.